The SMILES string of the molecule is CCC(CC)n1ccc(CC(=O)c2ccc(F)c(C)c2)n1. The molecule has 0 spiro atoms. The Labute approximate surface area is 124 Å². The van der Waals surface area contributed by atoms with Crippen molar-refractivity contribution in [3.8, 4) is 0 Å². The van der Waals surface area contributed by atoms with Crippen molar-refractivity contribution >= 4 is 5.78 Å². The highest BCUT2D eigenvalue weighted by Crippen LogP contribution is 2.16. The molecule has 0 fully saturated rings. The Morgan fingerprint density at radius 1 is 1.29 bits per heavy atom. The summed E-state index contributed by atoms with van der Waals surface area (Å²) in [4.78, 5) is 12.2. The summed E-state index contributed by atoms with van der Waals surface area (Å²) in [6.45, 7) is 5.91. The summed E-state index contributed by atoms with van der Waals surface area (Å²) in [5, 5.41) is 4.48. The lowest BCUT2D eigenvalue weighted by Crippen LogP contribution is -2.09. The largest absolute Gasteiger partial charge is 0.294 e. The zero-order valence-corrected chi connectivity index (χ0v) is 12.8. The number of hydrogen-bond donors (Lipinski definition) is 0. The molecule has 0 radical (unpaired) electrons. The van der Waals surface area contributed by atoms with Gasteiger partial charge in [0.05, 0.1) is 18.2 Å². The standard InChI is InChI=1S/C17H21FN2O/c1-4-15(5-2)20-9-8-14(19-20)11-17(21)13-6-7-16(18)12(3)10-13/h6-10,15H,4-5,11H2,1-3H3. The maximum atomic E-state index is 13.2. The molecule has 3 nitrogen and oxygen atoms in total. The molecule has 2 rings (SSSR count). The van der Waals surface area contributed by atoms with Gasteiger partial charge in [-0.1, -0.05) is 13.8 Å². The van der Waals surface area contributed by atoms with Crippen molar-refractivity contribution in [3.05, 3.63) is 53.1 Å². The molecule has 0 amide bonds. The van der Waals surface area contributed by atoms with E-state index >= 15 is 0 Å². The van der Waals surface area contributed by atoms with Gasteiger partial charge in [-0.15, -0.1) is 0 Å². The second kappa shape index (κ2) is 6.66. The Hall–Kier alpha value is -1.97. The Morgan fingerprint density at radius 2 is 2.00 bits per heavy atom. The Morgan fingerprint density at radius 3 is 2.62 bits per heavy atom. The zero-order chi connectivity index (χ0) is 15.4. The highest BCUT2D eigenvalue weighted by molar-refractivity contribution is 5.97. The van der Waals surface area contributed by atoms with Gasteiger partial charge in [-0.25, -0.2) is 4.39 Å². The monoisotopic (exact) mass is 288 g/mol. The van der Waals surface area contributed by atoms with Crippen LogP contribution in [-0.4, -0.2) is 15.6 Å². The normalized spacial score (nSPS) is 11.1. The number of halogens is 1. The molecule has 0 N–H and O–H groups in total. The number of nitrogens with zero attached hydrogens (tertiary/aromatic N) is 2. The van der Waals surface area contributed by atoms with Crippen LogP contribution in [0.25, 0.3) is 0 Å². The summed E-state index contributed by atoms with van der Waals surface area (Å²) in [6.07, 6.45) is 4.21. The third kappa shape index (κ3) is 3.57. The number of benzene rings is 1. The van der Waals surface area contributed by atoms with Gasteiger partial charge in [0, 0.05) is 11.8 Å². The van der Waals surface area contributed by atoms with Gasteiger partial charge in [0.15, 0.2) is 5.78 Å². The summed E-state index contributed by atoms with van der Waals surface area (Å²) in [7, 11) is 0. The molecule has 4 heteroatoms. The minimum absolute atomic E-state index is 0.0344. The summed E-state index contributed by atoms with van der Waals surface area (Å²) in [6, 6.07) is 6.72. The van der Waals surface area contributed by atoms with E-state index in [1.54, 1.807) is 13.0 Å². The van der Waals surface area contributed by atoms with Crippen LogP contribution in [0.5, 0.6) is 0 Å². The van der Waals surface area contributed by atoms with Crippen molar-refractivity contribution in [2.24, 2.45) is 0 Å². The minimum Gasteiger partial charge on any atom is -0.294 e. The van der Waals surface area contributed by atoms with Crippen LogP contribution in [0.1, 0.15) is 54.3 Å². The summed E-state index contributed by atoms with van der Waals surface area (Å²) in [5.74, 6) is -0.322. The molecule has 21 heavy (non-hydrogen) atoms. The van der Waals surface area contributed by atoms with Gasteiger partial charge in [-0.3, -0.25) is 9.48 Å². The number of aryl methyl sites for hydroxylation is 1. The molecule has 0 bridgehead atoms. The Kier molecular flexibility index (Phi) is 4.89. The van der Waals surface area contributed by atoms with Gasteiger partial charge in [0.1, 0.15) is 5.82 Å². The van der Waals surface area contributed by atoms with Crippen molar-refractivity contribution in [2.75, 3.05) is 0 Å². The first-order chi connectivity index (χ1) is 10.0. The number of carbonyl (C=O) groups excluding carboxylic acids is 1. The first kappa shape index (κ1) is 15.4. The number of aromatic nitrogens is 2. The molecule has 1 heterocycles. The number of ketones is 1. The van der Waals surface area contributed by atoms with Gasteiger partial charge >= 0.3 is 0 Å². The number of rotatable bonds is 6. The fourth-order valence-electron chi connectivity index (χ4n) is 2.42. The molecule has 0 saturated carbocycles. The van der Waals surface area contributed by atoms with Gasteiger partial charge in [0.2, 0.25) is 0 Å². The average Bonchev–Trinajstić information content (AvgIpc) is 2.91. The van der Waals surface area contributed by atoms with Crippen LogP contribution in [-0.2, 0) is 6.42 Å². The van der Waals surface area contributed by atoms with Crippen molar-refractivity contribution in [1.29, 1.82) is 0 Å². The maximum Gasteiger partial charge on any atom is 0.168 e. The van der Waals surface area contributed by atoms with E-state index in [1.807, 2.05) is 16.9 Å². The molecule has 1 aromatic carbocycles. The van der Waals surface area contributed by atoms with E-state index in [0.717, 1.165) is 18.5 Å². The molecule has 0 aliphatic heterocycles. The molecular formula is C17H21FN2O. The van der Waals surface area contributed by atoms with Gasteiger partial charge in [0.25, 0.3) is 0 Å². The van der Waals surface area contributed by atoms with Crippen LogP contribution in [0, 0.1) is 12.7 Å². The lowest BCUT2D eigenvalue weighted by Gasteiger charge is -2.12. The number of hydrogen-bond acceptors (Lipinski definition) is 2. The van der Waals surface area contributed by atoms with E-state index in [2.05, 4.69) is 18.9 Å². The topological polar surface area (TPSA) is 34.9 Å². The highest BCUT2D eigenvalue weighted by Gasteiger charge is 2.13. The minimum atomic E-state index is -0.287. The lowest BCUT2D eigenvalue weighted by atomic mass is 10.0. The van der Waals surface area contributed by atoms with E-state index < -0.39 is 0 Å². The Bertz CT molecular complexity index is 629. The van der Waals surface area contributed by atoms with E-state index in [-0.39, 0.29) is 18.0 Å². The summed E-state index contributed by atoms with van der Waals surface area (Å²) < 4.78 is 15.2. The van der Waals surface area contributed by atoms with E-state index in [4.69, 9.17) is 0 Å². The zero-order valence-electron chi connectivity index (χ0n) is 12.8. The second-order valence-corrected chi connectivity index (χ2v) is 5.32. The predicted octanol–water partition coefficient (Wildman–Crippen LogP) is 4.12. The molecule has 2 aromatic rings. The first-order valence-electron chi connectivity index (χ1n) is 7.38. The van der Waals surface area contributed by atoms with Crippen LogP contribution in [0.3, 0.4) is 0 Å². The van der Waals surface area contributed by atoms with Crippen molar-refractivity contribution in [2.45, 2.75) is 46.1 Å². The van der Waals surface area contributed by atoms with Crippen molar-refractivity contribution in [1.82, 2.24) is 9.78 Å². The quantitative estimate of drug-likeness (QED) is 0.749. The number of carbonyl (C=O) groups is 1. The fourth-order valence-corrected chi connectivity index (χ4v) is 2.42. The maximum absolute atomic E-state index is 13.2. The van der Waals surface area contributed by atoms with Crippen LogP contribution in [0.4, 0.5) is 4.39 Å². The van der Waals surface area contributed by atoms with Crippen LogP contribution in [0.15, 0.2) is 30.5 Å². The molecule has 0 aliphatic rings. The molecule has 0 aliphatic carbocycles. The van der Waals surface area contributed by atoms with E-state index in [1.165, 1.54) is 12.1 Å². The van der Waals surface area contributed by atoms with Crippen LogP contribution in [0.2, 0.25) is 0 Å². The van der Waals surface area contributed by atoms with Gasteiger partial charge in [-0.05, 0) is 49.6 Å². The lowest BCUT2D eigenvalue weighted by molar-refractivity contribution is 0.0991. The van der Waals surface area contributed by atoms with Crippen molar-refractivity contribution in [3.63, 3.8) is 0 Å². The molecule has 112 valence electrons. The van der Waals surface area contributed by atoms with E-state index in [0.29, 0.717) is 17.2 Å². The smallest absolute Gasteiger partial charge is 0.168 e. The average molecular weight is 288 g/mol. The fraction of sp³-hybridized carbons (Fsp3) is 0.412. The highest BCUT2D eigenvalue weighted by atomic mass is 19.1. The van der Waals surface area contributed by atoms with Crippen LogP contribution >= 0.6 is 0 Å². The first-order valence-corrected chi connectivity index (χ1v) is 7.38. The molecular weight excluding hydrogens is 267 g/mol. The third-order valence-corrected chi connectivity index (χ3v) is 3.80. The third-order valence-electron chi connectivity index (χ3n) is 3.80. The van der Waals surface area contributed by atoms with Crippen LogP contribution < -0.4 is 0 Å². The molecule has 0 unspecified atom stereocenters. The molecule has 1 aromatic heterocycles. The van der Waals surface area contributed by atoms with Gasteiger partial charge < -0.3 is 0 Å². The molecule has 0 atom stereocenters. The summed E-state index contributed by atoms with van der Waals surface area (Å²) >= 11 is 0. The Balaban J connectivity index is 2.11. The van der Waals surface area contributed by atoms with Crippen molar-refractivity contribution < 1.29 is 9.18 Å². The van der Waals surface area contributed by atoms with E-state index in [9.17, 15) is 9.18 Å². The predicted molar refractivity (Wildman–Crippen MR) is 81.0 cm³/mol. The number of Topliss-reactive ketones (excluding diaryl/α,β-unsaturated/α-hetero) is 1. The molecule has 0 saturated heterocycles. The summed E-state index contributed by atoms with van der Waals surface area (Å²) in [5.41, 5.74) is 1.78. The van der Waals surface area contributed by atoms with Gasteiger partial charge in [-0.2, -0.15) is 5.10 Å². The second-order valence-electron chi connectivity index (χ2n) is 5.32.